The summed E-state index contributed by atoms with van der Waals surface area (Å²) in [5.74, 6) is 0. The second-order valence-corrected chi connectivity index (χ2v) is 6.47. The molecule has 1 N–H and O–H groups in total. The molecule has 0 bridgehead atoms. The predicted octanol–water partition coefficient (Wildman–Crippen LogP) is 3.33. The highest BCUT2D eigenvalue weighted by Crippen LogP contribution is 2.30. The largest absolute Gasteiger partial charge is 0.416 e. The molecule has 0 fully saturated rings. The van der Waals surface area contributed by atoms with Crippen molar-refractivity contribution in [2.45, 2.75) is 18.8 Å². The van der Waals surface area contributed by atoms with Gasteiger partial charge in [0.15, 0.2) is 5.65 Å². The van der Waals surface area contributed by atoms with E-state index in [0.29, 0.717) is 5.56 Å². The van der Waals surface area contributed by atoms with Gasteiger partial charge in [-0.25, -0.2) is 9.67 Å². The van der Waals surface area contributed by atoms with Gasteiger partial charge in [-0.3, -0.25) is 9.36 Å². The van der Waals surface area contributed by atoms with Crippen LogP contribution in [-0.2, 0) is 12.7 Å². The van der Waals surface area contributed by atoms with Crippen LogP contribution in [0.2, 0.25) is 0 Å². The van der Waals surface area contributed by atoms with E-state index in [2.05, 4.69) is 10.1 Å². The van der Waals surface area contributed by atoms with E-state index in [1.165, 1.54) is 33.9 Å². The number of halogens is 3. The number of aromatic nitrogens is 4. The number of rotatable bonds is 4. The first-order valence-corrected chi connectivity index (χ1v) is 8.68. The Morgan fingerprint density at radius 2 is 1.83 bits per heavy atom. The molecule has 0 amide bonds. The van der Waals surface area contributed by atoms with Crippen molar-refractivity contribution in [3.8, 4) is 5.69 Å². The van der Waals surface area contributed by atoms with Crippen molar-refractivity contribution in [3.63, 3.8) is 0 Å². The molecule has 4 aromatic rings. The molecule has 4 rings (SSSR count). The van der Waals surface area contributed by atoms with Crippen LogP contribution in [0.5, 0.6) is 0 Å². The van der Waals surface area contributed by atoms with Gasteiger partial charge in [0, 0.05) is 0 Å². The first kappa shape index (κ1) is 18.9. The van der Waals surface area contributed by atoms with Crippen LogP contribution in [0.1, 0.15) is 17.2 Å². The molecule has 2 aromatic heterocycles. The summed E-state index contributed by atoms with van der Waals surface area (Å²) in [7, 11) is 0. The van der Waals surface area contributed by atoms with E-state index in [1.54, 1.807) is 24.3 Å². The van der Waals surface area contributed by atoms with Crippen molar-refractivity contribution in [2.75, 3.05) is 0 Å². The standard InChI is InChI=1S/C20H15F3N4O2/c21-20(22,23)14-7-4-8-15(9-14)27-18-16(10-25-27)19(29)26(12-24-18)11-17(28)13-5-2-1-3-6-13/h1-10,12,17,28H,11H2/t17-/m0/s1. The molecular weight excluding hydrogens is 385 g/mol. The molecule has 0 spiro atoms. The normalized spacial score (nSPS) is 13.0. The van der Waals surface area contributed by atoms with Crippen LogP contribution in [0.3, 0.4) is 0 Å². The molecular formula is C20H15F3N4O2. The molecule has 29 heavy (non-hydrogen) atoms. The fourth-order valence-electron chi connectivity index (χ4n) is 3.05. The van der Waals surface area contributed by atoms with E-state index in [4.69, 9.17) is 0 Å². The minimum Gasteiger partial charge on any atom is -0.387 e. The molecule has 0 unspecified atom stereocenters. The Morgan fingerprint density at radius 3 is 2.55 bits per heavy atom. The van der Waals surface area contributed by atoms with Crippen LogP contribution in [0.25, 0.3) is 16.7 Å². The maximum Gasteiger partial charge on any atom is 0.416 e. The zero-order valence-electron chi connectivity index (χ0n) is 14.9. The molecule has 0 aliphatic heterocycles. The van der Waals surface area contributed by atoms with Crippen molar-refractivity contribution in [1.82, 2.24) is 19.3 Å². The number of alkyl halides is 3. The summed E-state index contributed by atoms with van der Waals surface area (Å²) in [6.45, 7) is -0.0134. The van der Waals surface area contributed by atoms with Gasteiger partial charge in [-0.05, 0) is 23.8 Å². The molecule has 2 aromatic carbocycles. The van der Waals surface area contributed by atoms with Crippen molar-refractivity contribution in [2.24, 2.45) is 0 Å². The van der Waals surface area contributed by atoms with E-state index in [1.807, 2.05) is 6.07 Å². The maximum atomic E-state index is 13.0. The smallest absolute Gasteiger partial charge is 0.387 e. The molecule has 0 radical (unpaired) electrons. The number of nitrogens with zero attached hydrogens (tertiary/aromatic N) is 4. The minimum atomic E-state index is -4.49. The average Bonchev–Trinajstić information content (AvgIpc) is 3.15. The van der Waals surface area contributed by atoms with Gasteiger partial charge in [0.05, 0.1) is 30.1 Å². The molecule has 6 nitrogen and oxygen atoms in total. The maximum absolute atomic E-state index is 13.0. The third-order valence-corrected chi connectivity index (χ3v) is 4.53. The highest BCUT2D eigenvalue weighted by atomic mass is 19.4. The lowest BCUT2D eigenvalue weighted by molar-refractivity contribution is -0.137. The van der Waals surface area contributed by atoms with Crippen LogP contribution < -0.4 is 5.56 Å². The third kappa shape index (κ3) is 3.64. The van der Waals surface area contributed by atoms with E-state index in [9.17, 15) is 23.1 Å². The van der Waals surface area contributed by atoms with Gasteiger partial charge in [-0.1, -0.05) is 36.4 Å². The molecule has 9 heteroatoms. The van der Waals surface area contributed by atoms with Crippen molar-refractivity contribution in [1.29, 1.82) is 0 Å². The molecule has 2 heterocycles. The summed E-state index contributed by atoms with van der Waals surface area (Å²) in [6.07, 6.45) is -2.89. The zero-order chi connectivity index (χ0) is 20.6. The average molecular weight is 400 g/mol. The number of hydrogen-bond acceptors (Lipinski definition) is 4. The molecule has 0 aliphatic carbocycles. The second kappa shape index (κ2) is 7.17. The van der Waals surface area contributed by atoms with Crippen LogP contribution in [0.4, 0.5) is 13.2 Å². The van der Waals surface area contributed by atoms with Crippen molar-refractivity contribution < 1.29 is 18.3 Å². The SMILES string of the molecule is O=c1c2cnn(-c3cccc(C(F)(F)F)c3)c2ncn1C[C@H](O)c1ccccc1. The highest BCUT2D eigenvalue weighted by Gasteiger charge is 2.30. The van der Waals surface area contributed by atoms with E-state index in [-0.39, 0.29) is 23.3 Å². The first-order chi connectivity index (χ1) is 13.8. The van der Waals surface area contributed by atoms with E-state index < -0.39 is 23.4 Å². The first-order valence-electron chi connectivity index (χ1n) is 8.68. The Morgan fingerprint density at radius 1 is 1.07 bits per heavy atom. The molecule has 0 saturated heterocycles. The summed E-state index contributed by atoms with van der Waals surface area (Å²) in [5.41, 5.74) is -0.330. The van der Waals surface area contributed by atoms with Crippen LogP contribution in [0.15, 0.2) is 71.9 Å². The second-order valence-electron chi connectivity index (χ2n) is 6.47. The topological polar surface area (TPSA) is 72.9 Å². The van der Waals surface area contributed by atoms with Crippen molar-refractivity contribution >= 4 is 11.0 Å². The van der Waals surface area contributed by atoms with Gasteiger partial charge in [0.25, 0.3) is 5.56 Å². The lowest BCUT2D eigenvalue weighted by atomic mass is 10.1. The summed E-state index contributed by atoms with van der Waals surface area (Å²) in [6, 6.07) is 13.5. The van der Waals surface area contributed by atoms with Gasteiger partial charge < -0.3 is 5.11 Å². The lowest BCUT2D eigenvalue weighted by Gasteiger charge is -2.13. The molecule has 148 valence electrons. The quantitative estimate of drug-likeness (QED) is 0.570. The number of aliphatic hydroxyl groups excluding tert-OH is 1. The zero-order valence-corrected chi connectivity index (χ0v) is 14.9. The van der Waals surface area contributed by atoms with Crippen molar-refractivity contribution in [3.05, 3.63) is 88.6 Å². The van der Waals surface area contributed by atoms with E-state index >= 15 is 0 Å². The van der Waals surface area contributed by atoms with Crippen LogP contribution in [0, 0.1) is 0 Å². The molecule has 0 aliphatic rings. The monoisotopic (exact) mass is 400 g/mol. The number of hydrogen-bond donors (Lipinski definition) is 1. The third-order valence-electron chi connectivity index (χ3n) is 4.53. The lowest BCUT2D eigenvalue weighted by Crippen LogP contribution is -2.23. The fourth-order valence-corrected chi connectivity index (χ4v) is 3.05. The summed E-state index contributed by atoms with van der Waals surface area (Å²) >= 11 is 0. The summed E-state index contributed by atoms with van der Waals surface area (Å²) in [5, 5.41) is 14.5. The predicted molar refractivity (Wildman–Crippen MR) is 99.5 cm³/mol. The van der Waals surface area contributed by atoms with Gasteiger partial charge in [-0.2, -0.15) is 18.3 Å². The van der Waals surface area contributed by atoms with Crippen LogP contribution >= 0.6 is 0 Å². The van der Waals surface area contributed by atoms with Gasteiger partial charge in [-0.15, -0.1) is 0 Å². The Bertz CT molecular complexity index is 1220. The fraction of sp³-hybridized carbons (Fsp3) is 0.150. The molecule has 1 atom stereocenters. The number of aliphatic hydroxyl groups is 1. The number of fused-ring (bicyclic) bond motifs is 1. The van der Waals surface area contributed by atoms with Gasteiger partial charge in [0.1, 0.15) is 11.7 Å². The summed E-state index contributed by atoms with van der Waals surface area (Å²) in [4.78, 5) is 16.9. The summed E-state index contributed by atoms with van der Waals surface area (Å²) < 4.78 is 41.4. The number of benzene rings is 2. The Balaban J connectivity index is 1.71. The highest BCUT2D eigenvalue weighted by molar-refractivity contribution is 5.75. The van der Waals surface area contributed by atoms with E-state index in [0.717, 1.165) is 12.1 Å². The Labute approximate surface area is 162 Å². The van der Waals surface area contributed by atoms with Gasteiger partial charge >= 0.3 is 6.18 Å². The molecule has 0 saturated carbocycles. The minimum absolute atomic E-state index is 0.0134. The van der Waals surface area contributed by atoms with Gasteiger partial charge in [0.2, 0.25) is 0 Å². The Hall–Kier alpha value is -3.46. The van der Waals surface area contributed by atoms with Crippen LogP contribution in [-0.4, -0.2) is 24.4 Å². The Kier molecular flexibility index (Phi) is 4.67.